The van der Waals surface area contributed by atoms with Crippen molar-refractivity contribution in [2.45, 2.75) is 204 Å². The minimum absolute atomic E-state index is 0.0414. The molecule has 0 bridgehead atoms. The summed E-state index contributed by atoms with van der Waals surface area (Å²) in [6.45, 7) is 5.21. The fourth-order valence-electron chi connectivity index (χ4n) is 8.22. The highest BCUT2D eigenvalue weighted by Gasteiger charge is 2.41. The Morgan fingerprint density at radius 3 is 1.95 bits per heavy atom. The first kappa shape index (κ1) is 45.7. The van der Waals surface area contributed by atoms with Gasteiger partial charge in [-0.3, -0.25) is 0 Å². The topological polar surface area (TPSA) is 83.5 Å². The average Bonchev–Trinajstić information content (AvgIpc) is 4.00. The van der Waals surface area contributed by atoms with Crippen LogP contribution < -0.4 is 0 Å². The molecular formula is C51H70O7. The van der Waals surface area contributed by atoms with E-state index in [1.54, 1.807) is 6.08 Å². The van der Waals surface area contributed by atoms with E-state index in [4.69, 9.17) is 23.7 Å². The van der Waals surface area contributed by atoms with Gasteiger partial charge in [0.05, 0.1) is 49.8 Å². The van der Waals surface area contributed by atoms with Crippen LogP contribution in [0.1, 0.15) is 153 Å². The van der Waals surface area contributed by atoms with Gasteiger partial charge < -0.3 is 28.8 Å². The minimum atomic E-state index is -0.655. The van der Waals surface area contributed by atoms with E-state index >= 15 is 0 Å². The van der Waals surface area contributed by atoms with E-state index in [-0.39, 0.29) is 48.7 Å². The number of unbranched alkanes of at least 4 members (excludes halogenated alkanes) is 11. The zero-order valence-corrected chi connectivity index (χ0v) is 35.4. The number of carbonyl (C=O) groups is 1. The predicted molar refractivity (Wildman–Crippen MR) is 231 cm³/mol. The molecule has 2 fully saturated rings. The van der Waals surface area contributed by atoms with Crippen LogP contribution in [0.4, 0.5) is 0 Å². The molecule has 0 spiro atoms. The third kappa shape index (κ3) is 16.7. The van der Waals surface area contributed by atoms with Crippen molar-refractivity contribution in [1.82, 2.24) is 0 Å². The van der Waals surface area contributed by atoms with Crippen LogP contribution in [0.2, 0.25) is 0 Å². The lowest BCUT2D eigenvalue weighted by Gasteiger charge is -2.27. The molecule has 58 heavy (non-hydrogen) atoms. The van der Waals surface area contributed by atoms with Crippen molar-refractivity contribution in [3.05, 3.63) is 83.4 Å². The standard InChI is InChI=1S/C51H70O7/c1-3-4-5-6-7-11-14-23-30-45(54-38-41-25-18-16-19-26-41)47-32-34-49(57-47)50-35-33-48(58-50)46(55-39-42-27-20-17-21-28-42)31-24-15-12-9-8-10-13-22-29-44(52)37-43-36-40(2)56-51(43)53/h16-21,25-28,36,40,44-50,52H,3-12,14-15,23,29-30,32-35,37-39H2,1-2H3/t40-,44+,45-,46+,47+,48+,49+,50+/m0/s1. The van der Waals surface area contributed by atoms with Crippen molar-refractivity contribution in [1.29, 1.82) is 0 Å². The Kier molecular flexibility index (Phi) is 21.0. The Labute approximate surface area is 350 Å². The van der Waals surface area contributed by atoms with Crippen molar-refractivity contribution >= 4 is 5.97 Å². The summed E-state index contributed by atoms with van der Waals surface area (Å²) in [6.07, 6.45) is 21.4. The molecule has 0 aromatic heterocycles. The summed E-state index contributed by atoms with van der Waals surface area (Å²) in [6, 6.07) is 20.8. The molecule has 0 radical (unpaired) electrons. The van der Waals surface area contributed by atoms with E-state index in [0.717, 1.165) is 69.8 Å². The maximum absolute atomic E-state index is 11.8. The number of hydrogen-bond acceptors (Lipinski definition) is 7. The number of hydrogen-bond donors (Lipinski definition) is 1. The molecule has 316 valence electrons. The molecule has 3 aliphatic rings. The largest absolute Gasteiger partial charge is 0.455 e. The van der Waals surface area contributed by atoms with Gasteiger partial charge in [-0.2, -0.15) is 0 Å². The van der Waals surface area contributed by atoms with E-state index in [9.17, 15) is 9.90 Å². The lowest BCUT2D eigenvalue weighted by molar-refractivity contribution is -0.139. The molecule has 3 heterocycles. The number of cyclic esters (lactones) is 1. The van der Waals surface area contributed by atoms with Crippen LogP contribution in [-0.2, 0) is 41.7 Å². The molecule has 1 N–H and O–H groups in total. The van der Waals surface area contributed by atoms with Crippen molar-refractivity contribution in [2.75, 3.05) is 0 Å². The van der Waals surface area contributed by atoms with Gasteiger partial charge in [-0.15, -0.1) is 17.8 Å². The van der Waals surface area contributed by atoms with Gasteiger partial charge in [0.25, 0.3) is 0 Å². The summed E-state index contributed by atoms with van der Waals surface area (Å²) in [5.41, 5.74) is 2.88. The summed E-state index contributed by atoms with van der Waals surface area (Å²) in [5.74, 6) is 12.8. The maximum Gasteiger partial charge on any atom is 0.334 e. The Morgan fingerprint density at radius 1 is 0.707 bits per heavy atom. The Hall–Kier alpha value is -3.43. The van der Waals surface area contributed by atoms with E-state index < -0.39 is 6.10 Å². The van der Waals surface area contributed by atoms with Crippen molar-refractivity contribution in [3.8, 4) is 23.7 Å². The van der Waals surface area contributed by atoms with Crippen molar-refractivity contribution in [3.63, 3.8) is 0 Å². The quantitative estimate of drug-likeness (QED) is 0.0609. The number of aliphatic hydroxyl groups is 1. The number of esters is 1. The monoisotopic (exact) mass is 795 g/mol. The first-order valence-electron chi connectivity index (χ1n) is 22.6. The summed E-state index contributed by atoms with van der Waals surface area (Å²) in [7, 11) is 0. The van der Waals surface area contributed by atoms with Crippen LogP contribution in [0.15, 0.2) is 72.3 Å². The summed E-state index contributed by atoms with van der Waals surface area (Å²) >= 11 is 0. The second-order valence-electron chi connectivity index (χ2n) is 16.5. The van der Waals surface area contributed by atoms with Gasteiger partial charge in [0.2, 0.25) is 0 Å². The molecule has 0 amide bonds. The average molecular weight is 795 g/mol. The van der Waals surface area contributed by atoms with Crippen molar-refractivity contribution < 1.29 is 33.6 Å². The van der Waals surface area contributed by atoms with E-state index in [1.165, 1.54) is 56.9 Å². The molecule has 0 saturated carbocycles. The minimum Gasteiger partial charge on any atom is -0.455 e. The lowest BCUT2D eigenvalue weighted by Crippen LogP contribution is -2.34. The Balaban J connectivity index is 1.06. The smallest absolute Gasteiger partial charge is 0.334 e. The Morgan fingerprint density at radius 2 is 1.29 bits per heavy atom. The fourth-order valence-corrected chi connectivity index (χ4v) is 8.22. The number of benzene rings is 2. The molecule has 3 aliphatic heterocycles. The van der Waals surface area contributed by atoms with Crippen LogP contribution >= 0.6 is 0 Å². The SMILES string of the molecule is CCCCCCCCCC[C@H](OCc1ccccc1)[C@H]1CC[C@H]([C@H]2CC[C@H]([C@@H](C#CCCCCCC#CC[C@@H](O)CC3=C[C@H](C)OC3=O)OCc3ccccc3)O2)O1. The second kappa shape index (κ2) is 26.6. The summed E-state index contributed by atoms with van der Waals surface area (Å²) < 4.78 is 31.7. The predicted octanol–water partition coefficient (Wildman–Crippen LogP) is 10.8. The number of carbonyl (C=O) groups excluding carboxylic acids is 1. The molecule has 2 aromatic rings. The third-order valence-electron chi connectivity index (χ3n) is 11.5. The van der Waals surface area contributed by atoms with Crippen LogP contribution in [0.25, 0.3) is 0 Å². The summed E-state index contributed by atoms with van der Waals surface area (Å²) in [4.78, 5) is 11.8. The van der Waals surface area contributed by atoms with E-state index in [1.807, 2.05) is 25.1 Å². The first-order chi connectivity index (χ1) is 28.5. The van der Waals surface area contributed by atoms with Gasteiger partial charge in [-0.1, -0.05) is 131 Å². The number of rotatable bonds is 25. The zero-order valence-electron chi connectivity index (χ0n) is 35.4. The fraction of sp³-hybridized carbons (Fsp3) is 0.627. The number of ether oxygens (including phenoxy) is 5. The van der Waals surface area contributed by atoms with E-state index in [2.05, 4.69) is 73.1 Å². The molecule has 7 nitrogen and oxygen atoms in total. The highest BCUT2D eigenvalue weighted by molar-refractivity contribution is 5.90. The molecule has 2 saturated heterocycles. The first-order valence-corrected chi connectivity index (χ1v) is 22.6. The molecule has 8 atom stereocenters. The maximum atomic E-state index is 11.8. The van der Waals surface area contributed by atoms with Gasteiger partial charge in [0.15, 0.2) is 0 Å². The molecule has 5 rings (SSSR count). The molecule has 7 heteroatoms. The molecule has 0 aliphatic carbocycles. The van der Waals surface area contributed by atoms with E-state index in [0.29, 0.717) is 31.6 Å². The highest BCUT2D eigenvalue weighted by Crippen LogP contribution is 2.35. The lowest BCUT2D eigenvalue weighted by atomic mass is 10.0. The van der Waals surface area contributed by atoms with Gasteiger partial charge in [0, 0.05) is 31.3 Å². The van der Waals surface area contributed by atoms with Gasteiger partial charge in [-0.05, 0) is 69.1 Å². The third-order valence-corrected chi connectivity index (χ3v) is 11.5. The highest BCUT2D eigenvalue weighted by atomic mass is 16.6. The molecule has 0 unspecified atom stereocenters. The van der Waals surface area contributed by atoms with Crippen molar-refractivity contribution in [2.24, 2.45) is 0 Å². The molecular weight excluding hydrogens is 725 g/mol. The van der Waals surface area contributed by atoms with Gasteiger partial charge in [-0.25, -0.2) is 4.79 Å². The van der Waals surface area contributed by atoms with Crippen LogP contribution in [-0.4, -0.2) is 59.9 Å². The normalized spacial score (nSPS) is 23.0. The van der Waals surface area contributed by atoms with Crippen LogP contribution in [0, 0.1) is 23.7 Å². The zero-order chi connectivity index (χ0) is 40.6. The Bertz CT molecular complexity index is 1600. The summed E-state index contributed by atoms with van der Waals surface area (Å²) in [5, 5.41) is 10.3. The van der Waals surface area contributed by atoms with Crippen LogP contribution in [0.5, 0.6) is 0 Å². The number of aliphatic hydroxyl groups excluding tert-OH is 1. The van der Waals surface area contributed by atoms with Crippen LogP contribution in [0.3, 0.4) is 0 Å². The van der Waals surface area contributed by atoms with Gasteiger partial charge >= 0.3 is 5.97 Å². The molecule has 2 aromatic carbocycles. The second-order valence-corrected chi connectivity index (χ2v) is 16.5. The van der Waals surface area contributed by atoms with Gasteiger partial charge in [0.1, 0.15) is 12.2 Å².